The molecule has 0 fully saturated rings. The van der Waals surface area contributed by atoms with Crippen LogP contribution in [0, 0.1) is 0 Å². The molecule has 0 radical (unpaired) electrons. The zero-order valence-electron chi connectivity index (χ0n) is 16.3. The van der Waals surface area contributed by atoms with Gasteiger partial charge in [-0.15, -0.1) is 11.3 Å². The van der Waals surface area contributed by atoms with Crippen LogP contribution in [0.5, 0.6) is 0 Å². The van der Waals surface area contributed by atoms with Gasteiger partial charge in [0.1, 0.15) is 5.82 Å². The van der Waals surface area contributed by atoms with Crippen LogP contribution in [0.4, 0.5) is 0 Å². The van der Waals surface area contributed by atoms with Crippen molar-refractivity contribution in [2.75, 3.05) is 0 Å². The Morgan fingerprint density at radius 2 is 2.07 bits per heavy atom. The quantitative estimate of drug-likeness (QED) is 0.434. The van der Waals surface area contributed by atoms with Crippen LogP contribution in [0.25, 0.3) is 11.8 Å². The van der Waals surface area contributed by atoms with Crippen molar-refractivity contribution in [2.24, 2.45) is 0 Å². The molecular formula is C22H21ClN2O4S. The monoisotopic (exact) mass is 444 g/mol. The van der Waals surface area contributed by atoms with Crippen molar-refractivity contribution >= 4 is 41.0 Å². The van der Waals surface area contributed by atoms with Crippen molar-refractivity contribution in [1.82, 2.24) is 9.55 Å². The van der Waals surface area contributed by atoms with Crippen LogP contribution in [-0.2, 0) is 17.6 Å². The largest absolute Gasteiger partial charge is 0.478 e. The van der Waals surface area contributed by atoms with Gasteiger partial charge in [0.2, 0.25) is 0 Å². The molecule has 6 nitrogen and oxygen atoms in total. The maximum atomic E-state index is 11.9. The number of carboxylic acid groups (broad SMARTS) is 2. The molecule has 0 saturated heterocycles. The minimum absolute atomic E-state index is 0.0833. The number of aliphatic carboxylic acids is 1. The number of hydrogen-bond donors (Lipinski definition) is 2. The molecule has 0 aliphatic carbocycles. The molecule has 0 aliphatic rings. The highest BCUT2D eigenvalue weighted by Gasteiger charge is 2.17. The number of benzene rings is 1. The number of nitrogens with zero attached hydrogens (tertiary/aromatic N) is 2. The summed E-state index contributed by atoms with van der Waals surface area (Å²) >= 11 is 7.91. The predicted octanol–water partition coefficient (Wildman–Crippen LogP) is 5.34. The Morgan fingerprint density at radius 1 is 1.27 bits per heavy atom. The Morgan fingerprint density at radius 3 is 2.67 bits per heavy atom. The first-order valence-electron chi connectivity index (χ1n) is 9.46. The van der Waals surface area contributed by atoms with E-state index in [1.54, 1.807) is 22.9 Å². The van der Waals surface area contributed by atoms with E-state index in [2.05, 4.69) is 11.9 Å². The normalized spacial score (nSPS) is 11.6. The molecule has 8 heteroatoms. The summed E-state index contributed by atoms with van der Waals surface area (Å²) in [5.41, 5.74) is 1.47. The van der Waals surface area contributed by atoms with Gasteiger partial charge in [-0.1, -0.05) is 31.0 Å². The third-order valence-corrected chi connectivity index (χ3v) is 5.77. The summed E-state index contributed by atoms with van der Waals surface area (Å²) in [6.07, 6.45) is 6.10. The Bertz CT molecular complexity index is 1090. The number of imidazole rings is 1. The van der Waals surface area contributed by atoms with Crippen molar-refractivity contribution in [2.45, 2.75) is 32.6 Å². The van der Waals surface area contributed by atoms with Gasteiger partial charge in [0.15, 0.2) is 0 Å². The molecule has 2 heterocycles. The molecular weight excluding hydrogens is 424 g/mol. The molecule has 2 aromatic heterocycles. The zero-order valence-corrected chi connectivity index (χ0v) is 17.9. The van der Waals surface area contributed by atoms with Crippen molar-refractivity contribution in [3.63, 3.8) is 0 Å². The molecule has 3 aromatic rings. The fraction of sp³-hybridized carbons (Fsp3) is 0.227. The van der Waals surface area contributed by atoms with Gasteiger partial charge in [-0.3, -0.25) is 4.57 Å². The van der Waals surface area contributed by atoms with Gasteiger partial charge < -0.3 is 10.2 Å². The smallest absolute Gasteiger partial charge is 0.335 e. The number of aromatic carboxylic acids is 1. The lowest BCUT2D eigenvalue weighted by atomic mass is 10.1. The molecule has 0 bridgehead atoms. The molecule has 0 aliphatic heterocycles. The number of thiophene rings is 1. The van der Waals surface area contributed by atoms with E-state index in [-0.39, 0.29) is 16.2 Å². The van der Waals surface area contributed by atoms with E-state index in [9.17, 15) is 19.8 Å². The average molecular weight is 445 g/mol. The maximum Gasteiger partial charge on any atom is 0.335 e. The van der Waals surface area contributed by atoms with E-state index < -0.39 is 11.9 Å². The second-order valence-corrected chi connectivity index (χ2v) is 8.18. The molecule has 3 rings (SSSR count). The molecule has 0 unspecified atom stereocenters. The van der Waals surface area contributed by atoms with Crippen molar-refractivity contribution in [3.05, 3.63) is 74.5 Å². The number of aryl methyl sites for hydroxylation is 1. The summed E-state index contributed by atoms with van der Waals surface area (Å²) in [6, 6.07) is 8.27. The van der Waals surface area contributed by atoms with Gasteiger partial charge in [0, 0.05) is 23.3 Å². The fourth-order valence-corrected chi connectivity index (χ4v) is 4.08. The van der Waals surface area contributed by atoms with E-state index >= 15 is 0 Å². The highest BCUT2D eigenvalue weighted by atomic mass is 35.5. The average Bonchev–Trinajstić information content (AvgIpc) is 3.35. The molecule has 1 aromatic carbocycles. The van der Waals surface area contributed by atoms with Crippen LogP contribution in [0.3, 0.4) is 0 Å². The van der Waals surface area contributed by atoms with Gasteiger partial charge in [0.25, 0.3) is 0 Å². The van der Waals surface area contributed by atoms with Gasteiger partial charge in [-0.25, -0.2) is 14.6 Å². The third-order valence-electron chi connectivity index (χ3n) is 4.59. The minimum atomic E-state index is -1.07. The Balaban J connectivity index is 2.10. The topological polar surface area (TPSA) is 92.4 Å². The van der Waals surface area contributed by atoms with E-state index in [0.717, 1.165) is 23.5 Å². The highest BCUT2D eigenvalue weighted by Crippen LogP contribution is 2.27. The van der Waals surface area contributed by atoms with Crippen molar-refractivity contribution in [3.8, 4) is 5.69 Å². The number of carboxylic acids is 2. The lowest BCUT2D eigenvalue weighted by Crippen LogP contribution is -2.08. The van der Waals surface area contributed by atoms with Crippen LogP contribution < -0.4 is 0 Å². The molecule has 0 saturated carbocycles. The van der Waals surface area contributed by atoms with Gasteiger partial charge in [-0.05, 0) is 42.1 Å². The lowest BCUT2D eigenvalue weighted by Gasteiger charge is -2.13. The molecule has 0 amide bonds. The first kappa shape index (κ1) is 21.8. The molecule has 0 atom stereocenters. The van der Waals surface area contributed by atoms with Crippen LogP contribution in [-0.4, -0.2) is 31.7 Å². The van der Waals surface area contributed by atoms with Gasteiger partial charge in [-0.2, -0.15) is 0 Å². The highest BCUT2D eigenvalue weighted by molar-refractivity contribution is 7.09. The Kier molecular flexibility index (Phi) is 7.07. The standard InChI is InChI=1S/C22H21ClN2O4S/c1-2-3-6-20-24-13-16(10-15(22(28)29)11-17-5-4-9-30-17)25(20)19-8-7-14(21(26)27)12-18(19)23/h4-5,7-10,12-13H,2-3,6,11H2,1H3,(H,26,27)(H,28,29)/b15-10-. The second-order valence-electron chi connectivity index (χ2n) is 6.74. The number of hydrogen-bond acceptors (Lipinski definition) is 4. The molecule has 30 heavy (non-hydrogen) atoms. The predicted molar refractivity (Wildman–Crippen MR) is 118 cm³/mol. The third kappa shape index (κ3) is 4.98. The number of halogens is 1. The van der Waals surface area contributed by atoms with E-state index in [1.807, 2.05) is 17.5 Å². The molecule has 156 valence electrons. The minimum Gasteiger partial charge on any atom is -0.478 e. The SMILES string of the molecule is CCCCc1ncc(/C=C(/Cc2cccs2)C(=O)O)n1-c1ccc(C(=O)O)cc1Cl. The van der Waals surface area contributed by atoms with E-state index in [4.69, 9.17) is 11.6 Å². The number of rotatable bonds is 9. The maximum absolute atomic E-state index is 11.9. The van der Waals surface area contributed by atoms with Crippen LogP contribution >= 0.6 is 22.9 Å². The second kappa shape index (κ2) is 9.73. The van der Waals surface area contributed by atoms with Crippen LogP contribution in [0.2, 0.25) is 5.02 Å². The van der Waals surface area contributed by atoms with Crippen molar-refractivity contribution < 1.29 is 19.8 Å². The lowest BCUT2D eigenvalue weighted by molar-refractivity contribution is -0.132. The van der Waals surface area contributed by atoms with Gasteiger partial charge in [0.05, 0.1) is 28.2 Å². The van der Waals surface area contributed by atoms with Gasteiger partial charge >= 0.3 is 11.9 Å². The van der Waals surface area contributed by atoms with Crippen molar-refractivity contribution in [1.29, 1.82) is 0 Å². The molecule has 0 spiro atoms. The summed E-state index contributed by atoms with van der Waals surface area (Å²) in [5, 5.41) is 21.1. The number of unbranched alkanes of at least 4 members (excludes halogenated alkanes) is 1. The summed E-state index contributed by atoms with van der Waals surface area (Å²) < 4.78 is 1.81. The molecule has 2 N–H and O–H groups in total. The van der Waals surface area contributed by atoms with E-state index in [1.165, 1.54) is 23.5 Å². The number of carbonyl (C=O) groups is 2. The Labute approximate surface area is 183 Å². The summed E-state index contributed by atoms with van der Waals surface area (Å²) in [4.78, 5) is 28.5. The van der Waals surface area contributed by atoms with E-state index in [0.29, 0.717) is 24.2 Å². The first-order chi connectivity index (χ1) is 14.4. The van der Waals surface area contributed by atoms with Crippen LogP contribution in [0.1, 0.15) is 46.5 Å². The first-order valence-corrected chi connectivity index (χ1v) is 10.7. The zero-order chi connectivity index (χ0) is 21.7. The number of aromatic nitrogens is 2. The summed E-state index contributed by atoms with van der Waals surface area (Å²) in [7, 11) is 0. The Hall–Kier alpha value is -2.90. The summed E-state index contributed by atoms with van der Waals surface area (Å²) in [5.74, 6) is -1.32. The van der Waals surface area contributed by atoms with Crippen LogP contribution in [0.15, 0.2) is 47.5 Å². The summed E-state index contributed by atoms with van der Waals surface area (Å²) in [6.45, 7) is 2.08. The fourth-order valence-electron chi connectivity index (χ4n) is 3.09.